The van der Waals surface area contributed by atoms with Crippen LogP contribution in [0.4, 0.5) is 5.69 Å². The number of anilines is 1. The molecule has 5 nitrogen and oxygen atoms in total. The zero-order chi connectivity index (χ0) is 18.9. The van der Waals surface area contributed by atoms with Crippen molar-refractivity contribution in [3.8, 4) is 0 Å². The molecule has 0 aliphatic heterocycles. The molecule has 26 heavy (non-hydrogen) atoms. The van der Waals surface area contributed by atoms with E-state index < -0.39 is 0 Å². The van der Waals surface area contributed by atoms with Gasteiger partial charge in [-0.25, -0.2) is 0 Å². The van der Waals surface area contributed by atoms with Gasteiger partial charge in [-0.15, -0.1) is 0 Å². The molecular weight excluding hydrogens is 394 g/mol. The minimum atomic E-state index is -0.185. The van der Waals surface area contributed by atoms with E-state index in [1.807, 2.05) is 50.5 Å². The molecule has 0 aliphatic rings. The number of halogens is 1. The minimum Gasteiger partial charge on any atom is -0.352 e. The molecule has 0 unspecified atom stereocenters. The highest BCUT2D eigenvalue weighted by molar-refractivity contribution is 9.10. The van der Waals surface area contributed by atoms with Gasteiger partial charge in [0.25, 0.3) is 5.91 Å². The number of nitrogens with one attached hydrogen (secondary N) is 2. The van der Waals surface area contributed by atoms with E-state index in [-0.39, 0.29) is 18.2 Å². The minimum absolute atomic E-state index is 0.123. The van der Waals surface area contributed by atoms with Crippen LogP contribution < -0.4 is 10.6 Å². The highest BCUT2D eigenvalue weighted by Gasteiger charge is 2.07. The van der Waals surface area contributed by atoms with Crippen molar-refractivity contribution in [1.82, 2.24) is 10.2 Å². The first kappa shape index (κ1) is 20.1. The molecule has 6 heteroatoms. The summed E-state index contributed by atoms with van der Waals surface area (Å²) in [5, 5.41) is 5.60. The second-order valence-electron chi connectivity index (χ2n) is 6.31. The van der Waals surface area contributed by atoms with E-state index in [1.165, 1.54) is 5.56 Å². The molecule has 2 aromatic carbocycles. The number of likely N-dealkylation sites (N-methyl/N-ethyl adjacent to an activating group) is 1. The Morgan fingerprint density at radius 3 is 2.27 bits per heavy atom. The smallest absolute Gasteiger partial charge is 0.251 e. The highest BCUT2D eigenvalue weighted by atomic mass is 79.9. The van der Waals surface area contributed by atoms with Gasteiger partial charge in [0.2, 0.25) is 5.91 Å². The molecule has 2 aromatic rings. The molecule has 2 N–H and O–H groups in total. The zero-order valence-corrected chi connectivity index (χ0v) is 16.7. The first-order chi connectivity index (χ1) is 12.4. The fraction of sp³-hybridized carbons (Fsp3) is 0.300. The van der Waals surface area contributed by atoms with E-state index in [9.17, 15) is 9.59 Å². The van der Waals surface area contributed by atoms with E-state index in [2.05, 4.69) is 31.5 Å². The first-order valence-electron chi connectivity index (χ1n) is 8.51. The lowest BCUT2D eigenvalue weighted by molar-refractivity contribution is -0.116. The summed E-state index contributed by atoms with van der Waals surface area (Å²) < 4.78 is 0.918. The SMILES string of the molecule is CN(C)CCc1ccc(NC(=O)CCNC(=O)c2ccc(Br)cc2)cc1. The Hall–Kier alpha value is -2.18. The average molecular weight is 418 g/mol. The number of nitrogens with zero attached hydrogens (tertiary/aromatic N) is 1. The summed E-state index contributed by atoms with van der Waals surface area (Å²) in [6, 6.07) is 14.9. The zero-order valence-electron chi connectivity index (χ0n) is 15.1. The Balaban J connectivity index is 1.73. The van der Waals surface area contributed by atoms with Crippen LogP contribution in [0.3, 0.4) is 0 Å². The van der Waals surface area contributed by atoms with E-state index in [0.29, 0.717) is 12.1 Å². The van der Waals surface area contributed by atoms with Crippen LogP contribution in [-0.4, -0.2) is 43.9 Å². The molecule has 0 atom stereocenters. The lowest BCUT2D eigenvalue weighted by atomic mass is 10.1. The molecule has 0 radical (unpaired) electrons. The third-order valence-electron chi connectivity index (χ3n) is 3.83. The number of amides is 2. The van der Waals surface area contributed by atoms with Crippen molar-refractivity contribution in [1.29, 1.82) is 0 Å². The van der Waals surface area contributed by atoms with Gasteiger partial charge in [0.1, 0.15) is 0 Å². The molecule has 0 bridgehead atoms. The van der Waals surface area contributed by atoms with Gasteiger partial charge >= 0.3 is 0 Å². The second kappa shape index (κ2) is 10.1. The predicted octanol–water partition coefficient (Wildman–Crippen LogP) is 3.31. The summed E-state index contributed by atoms with van der Waals surface area (Å²) in [6.45, 7) is 1.28. The molecule has 0 spiro atoms. The third kappa shape index (κ3) is 6.98. The monoisotopic (exact) mass is 417 g/mol. The van der Waals surface area contributed by atoms with Crippen molar-refractivity contribution in [3.63, 3.8) is 0 Å². The largest absolute Gasteiger partial charge is 0.352 e. The van der Waals surface area contributed by atoms with Crippen LogP contribution in [0.1, 0.15) is 22.3 Å². The van der Waals surface area contributed by atoms with Gasteiger partial charge < -0.3 is 15.5 Å². The van der Waals surface area contributed by atoms with Crippen LogP contribution in [0, 0.1) is 0 Å². The molecule has 2 amide bonds. The van der Waals surface area contributed by atoms with E-state index in [0.717, 1.165) is 23.1 Å². The Morgan fingerprint density at radius 1 is 1.00 bits per heavy atom. The van der Waals surface area contributed by atoms with E-state index in [4.69, 9.17) is 0 Å². The molecule has 0 aromatic heterocycles. The summed E-state index contributed by atoms with van der Waals surface area (Å²) >= 11 is 3.33. The number of hydrogen-bond donors (Lipinski definition) is 2. The van der Waals surface area contributed by atoms with Crippen molar-refractivity contribution in [2.75, 3.05) is 32.5 Å². The predicted molar refractivity (Wildman–Crippen MR) is 108 cm³/mol. The summed E-state index contributed by atoms with van der Waals surface area (Å²) in [7, 11) is 4.09. The summed E-state index contributed by atoms with van der Waals surface area (Å²) in [5.41, 5.74) is 2.57. The maximum absolute atomic E-state index is 12.0. The van der Waals surface area contributed by atoms with Crippen LogP contribution in [-0.2, 0) is 11.2 Å². The quantitative estimate of drug-likeness (QED) is 0.692. The van der Waals surface area contributed by atoms with Crippen molar-refractivity contribution in [2.24, 2.45) is 0 Å². The third-order valence-corrected chi connectivity index (χ3v) is 4.36. The average Bonchev–Trinajstić information content (AvgIpc) is 2.61. The second-order valence-corrected chi connectivity index (χ2v) is 7.23. The Kier molecular flexibility index (Phi) is 7.81. The fourth-order valence-electron chi connectivity index (χ4n) is 2.32. The van der Waals surface area contributed by atoms with Gasteiger partial charge in [-0.3, -0.25) is 9.59 Å². The Morgan fingerprint density at radius 2 is 1.65 bits per heavy atom. The Bertz CT molecular complexity index is 728. The Labute approximate surface area is 162 Å². The van der Waals surface area contributed by atoms with Crippen LogP contribution in [0.2, 0.25) is 0 Å². The number of hydrogen-bond acceptors (Lipinski definition) is 3. The number of carbonyl (C=O) groups excluding carboxylic acids is 2. The molecule has 0 aliphatic carbocycles. The van der Waals surface area contributed by atoms with Crippen molar-refractivity contribution >= 4 is 33.4 Å². The molecular formula is C20H24BrN3O2. The summed E-state index contributed by atoms with van der Waals surface area (Å²) in [6.07, 6.45) is 1.20. The van der Waals surface area contributed by atoms with Crippen LogP contribution in [0.15, 0.2) is 53.0 Å². The number of rotatable bonds is 8. The normalized spacial score (nSPS) is 10.6. The summed E-state index contributed by atoms with van der Waals surface area (Å²) in [5.74, 6) is -0.308. The van der Waals surface area contributed by atoms with Gasteiger partial charge in [0, 0.05) is 35.2 Å². The lowest BCUT2D eigenvalue weighted by Crippen LogP contribution is -2.27. The summed E-state index contributed by atoms with van der Waals surface area (Å²) in [4.78, 5) is 26.1. The van der Waals surface area contributed by atoms with Crippen molar-refractivity contribution in [3.05, 3.63) is 64.1 Å². The molecule has 0 fully saturated rings. The molecule has 0 heterocycles. The standard InChI is InChI=1S/C20H24BrN3O2/c1-24(2)14-12-15-3-9-18(10-4-15)23-19(25)11-13-22-20(26)16-5-7-17(21)8-6-16/h3-10H,11-14H2,1-2H3,(H,22,26)(H,23,25). The highest BCUT2D eigenvalue weighted by Crippen LogP contribution is 2.11. The lowest BCUT2D eigenvalue weighted by Gasteiger charge is -2.10. The van der Waals surface area contributed by atoms with E-state index in [1.54, 1.807) is 12.1 Å². The van der Waals surface area contributed by atoms with Crippen molar-refractivity contribution in [2.45, 2.75) is 12.8 Å². The number of carbonyl (C=O) groups is 2. The molecule has 0 saturated carbocycles. The fourth-order valence-corrected chi connectivity index (χ4v) is 2.59. The van der Waals surface area contributed by atoms with Gasteiger partial charge in [-0.2, -0.15) is 0 Å². The molecule has 2 rings (SSSR count). The van der Waals surface area contributed by atoms with Crippen LogP contribution in [0.5, 0.6) is 0 Å². The van der Waals surface area contributed by atoms with Crippen molar-refractivity contribution < 1.29 is 9.59 Å². The van der Waals surface area contributed by atoms with Gasteiger partial charge in [-0.05, 0) is 62.5 Å². The number of benzene rings is 2. The van der Waals surface area contributed by atoms with Gasteiger partial charge in [0.05, 0.1) is 0 Å². The molecule has 138 valence electrons. The molecule has 0 saturated heterocycles. The van der Waals surface area contributed by atoms with Gasteiger partial charge in [0.15, 0.2) is 0 Å². The van der Waals surface area contributed by atoms with E-state index >= 15 is 0 Å². The van der Waals surface area contributed by atoms with Crippen LogP contribution >= 0.6 is 15.9 Å². The topological polar surface area (TPSA) is 61.4 Å². The maximum Gasteiger partial charge on any atom is 0.251 e. The first-order valence-corrected chi connectivity index (χ1v) is 9.30. The van der Waals surface area contributed by atoms with Gasteiger partial charge in [-0.1, -0.05) is 28.1 Å². The maximum atomic E-state index is 12.0. The van der Waals surface area contributed by atoms with Crippen LogP contribution in [0.25, 0.3) is 0 Å².